The zero-order valence-electron chi connectivity index (χ0n) is 9.42. The smallest absolute Gasteiger partial charge is 0.337 e. The summed E-state index contributed by atoms with van der Waals surface area (Å²) in [7, 11) is 0. The van der Waals surface area contributed by atoms with Gasteiger partial charge in [0, 0.05) is 6.20 Å². The zero-order valence-corrected chi connectivity index (χ0v) is 9.42. The van der Waals surface area contributed by atoms with Gasteiger partial charge in [0.2, 0.25) is 5.82 Å². The molecule has 0 saturated heterocycles. The first-order valence-electron chi connectivity index (χ1n) is 5.06. The number of hydrogen-bond acceptors (Lipinski definition) is 2. The van der Waals surface area contributed by atoms with E-state index in [0.717, 1.165) is 18.3 Å². The van der Waals surface area contributed by atoms with Crippen LogP contribution in [-0.4, -0.2) is 16.1 Å². The maximum Gasteiger partial charge on any atom is 0.337 e. The van der Waals surface area contributed by atoms with Crippen LogP contribution in [0.15, 0.2) is 18.3 Å². The van der Waals surface area contributed by atoms with E-state index in [4.69, 9.17) is 5.11 Å². The lowest BCUT2D eigenvalue weighted by atomic mass is 10.0. The summed E-state index contributed by atoms with van der Waals surface area (Å²) in [6.07, 6.45) is 0.972. The molecule has 2 aromatic rings. The quantitative estimate of drug-likeness (QED) is 0.525. The third-order valence-electron chi connectivity index (χ3n) is 2.48. The van der Waals surface area contributed by atoms with E-state index in [9.17, 15) is 26.7 Å². The van der Waals surface area contributed by atoms with Crippen molar-refractivity contribution in [2.45, 2.75) is 0 Å². The molecule has 104 valence electrons. The number of carboxylic acids is 1. The molecular weight excluding hydrogens is 285 g/mol. The second-order valence-electron chi connectivity index (χ2n) is 3.65. The lowest BCUT2D eigenvalue weighted by Gasteiger charge is -2.09. The molecule has 0 atom stereocenters. The average molecular weight is 289 g/mol. The Balaban J connectivity index is 2.88. The van der Waals surface area contributed by atoms with Gasteiger partial charge in [0.15, 0.2) is 23.3 Å². The fraction of sp³-hybridized carbons (Fsp3) is 0. The number of halogens is 5. The highest BCUT2D eigenvalue weighted by atomic mass is 19.2. The number of carboxylic acid groups (broad SMARTS) is 1. The topological polar surface area (TPSA) is 50.2 Å². The standard InChI is InChI=1S/C12H4F5NO2/c13-6-5(7(14)9(16)10(17)8(6)15)11-4(12(19)20)2-1-3-18-11/h1-3H,(H,19,20). The molecule has 0 aliphatic rings. The molecule has 3 nitrogen and oxygen atoms in total. The largest absolute Gasteiger partial charge is 0.478 e. The van der Waals surface area contributed by atoms with Crippen molar-refractivity contribution < 1.29 is 31.9 Å². The molecule has 8 heteroatoms. The summed E-state index contributed by atoms with van der Waals surface area (Å²) >= 11 is 0. The van der Waals surface area contributed by atoms with Crippen LogP contribution in [0, 0.1) is 29.1 Å². The highest BCUT2D eigenvalue weighted by Crippen LogP contribution is 2.32. The minimum absolute atomic E-state index is 0.685. The van der Waals surface area contributed by atoms with E-state index in [1.54, 1.807) is 0 Å². The molecule has 0 unspecified atom stereocenters. The highest BCUT2D eigenvalue weighted by molar-refractivity contribution is 5.94. The molecule has 20 heavy (non-hydrogen) atoms. The Morgan fingerprint density at radius 1 is 0.950 bits per heavy atom. The number of benzene rings is 1. The Labute approximate surface area is 108 Å². The first-order valence-corrected chi connectivity index (χ1v) is 5.06. The molecule has 0 aliphatic carbocycles. The lowest BCUT2D eigenvalue weighted by Crippen LogP contribution is -2.08. The van der Waals surface area contributed by atoms with Crippen LogP contribution in [0.2, 0.25) is 0 Å². The van der Waals surface area contributed by atoms with Crippen molar-refractivity contribution in [1.29, 1.82) is 0 Å². The molecule has 0 radical (unpaired) electrons. The number of nitrogens with zero attached hydrogens (tertiary/aromatic N) is 1. The van der Waals surface area contributed by atoms with Crippen molar-refractivity contribution in [1.82, 2.24) is 4.98 Å². The van der Waals surface area contributed by atoms with Gasteiger partial charge >= 0.3 is 5.97 Å². The predicted molar refractivity (Wildman–Crippen MR) is 56.4 cm³/mol. The molecule has 1 aromatic heterocycles. The molecule has 0 fully saturated rings. The van der Waals surface area contributed by atoms with E-state index in [-0.39, 0.29) is 0 Å². The Bertz CT molecular complexity index is 688. The van der Waals surface area contributed by atoms with E-state index >= 15 is 0 Å². The van der Waals surface area contributed by atoms with Crippen LogP contribution >= 0.6 is 0 Å². The average Bonchev–Trinajstić information content (AvgIpc) is 2.43. The number of aromatic nitrogens is 1. The van der Waals surface area contributed by atoms with Gasteiger partial charge in [-0.25, -0.2) is 26.7 Å². The molecule has 0 aliphatic heterocycles. The summed E-state index contributed by atoms with van der Waals surface area (Å²) in [5.41, 5.74) is -2.90. The van der Waals surface area contributed by atoms with Crippen LogP contribution in [0.4, 0.5) is 22.0 Å². The number of carbonyl (C=O) groups is 1. The monoisotopic (exact) mass is 289 g/mol. The maximum atomic E-state index is 13.6. The zero-order chi connectivity index (χ0) is 15.0. The van der Waals surface area contributed by atoms with Crippen LogP contribution in [-0.2, 0) is 0 Å². The van der Waals surface area contributed by atoms with Crippen molar-refractivity contribution in [3.05, 3.63) is 53.0 Å². The van der Waals surface area contributed by atoms with Crippen molar-refractivity contribution in [3.8, 4) is 11.3 Å². The summed E-state index contributed by atoms with van der Waals surface area (Å²) in [6, 6.07) is 2.09. The van der Waals surface area contributed by atoms with Crippen molar-refractivity contribution in [2.75, 3.05) is 0 Å². The highest BCUT2D eigenvalue weighted by Gasteiger charge is 2.29. The molecule has 2 rings (SSSR count). The van der Waals surface area contributed by atoms with Gasteiger partial charge in [0.05, 0.1) is 16.8 Å². The van der Waals surface area contributed by atoms with Gasteiger partial charge in [-0.05, 0) is 12.1 Å². The van der Waals surface area contributed by atoms with E-state index in [2.05, 4.69) is 4.98 Å². The SMILES string of the molecule is O=C(O)c1cccnc1-c1c(F)c(F)c(F)c(F)c1F. The molecular formula is C12H4F5NO2. The van der Waals surface area contributed by atoms with Crippen LogP contribution in [0.25, 0.3) is 11.3 Å². The second-order valence-corrected chi connectivity index (χ2v) is 3.65. The number of pyridine rings is 1. The molecule has 1 heterocycles. The van der Waals surface area contributed by atoms with Crippen molar-refractivity contribution in [3.63, 3.8) is 0 Å². The van der Waals surface area contributed by atoms with Gasteiger partial charge in [-0.1, -0.05) is 0 Å². The molecule has 0 bridgehead atoms. The summed E-state index contributed by atoms with van der Waals surface area (Å²) in [5.74, 6) is -12.5. The fourth-order valence-corrected chi connectivity index (χ4v) is 1.59. The normalized spacial score (nSPS) is 10.7. The number of hydrogen-bond donors (Lipinski definition) is 1. The van der Waals surface area contributed by atoms with Crippen LogP contribution in [0.3, 0.4) is 0 Å². The summed E-state index contributed by atoms with van der Waals surface area (Å²) < 4.78 is 66.2. The number of aromatic carboxylic acids is 1. The van der Waals surface area contributed by atoms with Gasteiger partial charge in [0.1, 0.15) is 0 Å². The summed E-state index contributed by atoms with van der Waals surface area (Å²) in [5, 5.41) is 8.86. The molecule has 1 N–H and O–H groups in total. The summed E-state index contributed by atoms with van der Waals surface area (Å²) in [6.45, 7) is 0. The van der Waals surface area contributed by atoms with Crippen molar-refractivity contribution in [2.24, 2.45) is 0 Å². The van der Waals surface area contributed by atoms with E-state index < -0.39 is 51.9 Å². The Hall–Kier alpha value is -2.51. The van der Waals surface area contributed by atoms with Crippen LogP contribution < -0.4 is 0 Å². The van der Waals surface area contributed by atoms with E-state index in [1.807, 2.05) is 0 Å². The first-order chi connectivity index (χ1) is 9.36. The van der Waals surface area contributed by atoms with Gasteiger partial charge < -0.3 is 5.11 Å². The maximum absolute atomic E-state index is 13.6. The molecule has 0 spiro atoms. The van der Waals surface area contributed by atoms with E-state index in [0.29, 0.717) is 0 Å². The molecule has 1 aromatic carbocycles. The lowest BCUT2D eigenvalue weighted by molar-refractivity contribution is 0.0697. The Kier molecular flexibility index (Phi) is 3.39. The third-order valence-corrected chi connectivity index (χ3v) is 2.48. The third kappa shape index (κ3) is 1.98. The van der Waals surface area contributed by atoms with E-state index in [1.165, 1.54) is 0 Å². The Morgan fingerprint density at radius 3 is 1.95 bits per heavy atom. The minimum atomic E-state index is -2.32. The van der Waals surface area contributed by atoms with Gasteiger partial charge in [-0.3, -0.25) is 4.98 Å². The first kappa shape index (κ1) is 13.9. The Morgan fingerprint density at radius 2 is 1.45 bits per heavy atom. The van der Waals surface area contributed by atoms with Crippen LogP contribution in [0.1, 0.15) is 10.4 Å². The van der Waals surface area contributed by atoms with Gasteiger partial charge in [0.25, 0.3) is 0 Å². The van der Waals surface area contributed by atoms with Gasteiger partial charge in [-0.2, -0.15) is 0 Å². The fourth-order valence-electron chi connectivity index (χ4n) is 1.59. The second kappa shape index (κ2) is 4.87. The molecule has 0 saturated carbocycles. The number of rotatable bonds is 2. The van der Waals surface area contributed by atoms with Crippen molar-refractivity contribution >= 4 is 5.97 Å². The predicted octanol–water partition coefficient (Wildman–Crippen LogP) is 3.14. The van der Waals surface area contributed by atoms with Crippen LogP contribution in [0.5, 0.6) is 0 Å². The summed E-state index contributed by atoms with van der Waals surface area (Å²) in [4.78, 5) is 14.3. The molecule has 0 amide bonds. The minimum Gasteiger partial charge on any atom is -0.478 e. The van der Waals surface area contributed by atoms with Gasteiger partial charge in [-0.15, -0.1) is 0 Å².